The molecule has 0 aromatic heterocycles. The van der Waals surface area contributed by atoms with Gasteiger partial charge in [-0.2, -0.15) is 8.78 Å². The summed E-state index contributed by atoms with van der Waals surface area (Å²) in [6.07, 6.45) is 1.02. The van der Waals surface area contributed by atoms with Crippen LogP contribution in [0.4, 0.5) is 8.78 Å². The van der Waals surface area contributed by atoms with Gasteiger partial charge in [-0.15, -0.1) is 0 Å². The van der Waals surface area contributed by atoms with E-state index in [2.05, 4.69) is 16.9 Å². The molecule has 0 unspecified atom stereocenters. The molecule has 17 heavy (non-hydrogen) atoms. The number of carbonyl (C=O) groups is 1. The third-order valence-electron chi connectivity index (χ3n) is 2.81. The average Bonchev–Trinajstić information content (AvgIpc) is 2.62. The van der Waals surface area contributed by atoms with Crippen molar-refractivity contribution in [2.24, 2.45) is 0 Å². The summed E-state index contributed by atoms with van der Waals surface area (Å²) in [5, 5.41) is 7.82. The lowest BCUT2D eigenvalue weighted by Crippen LogP contribution is -2.37. The third kappa shape index (κ3) is 2.34. The Morgan fingerprint density at radius 3 is 2.88 bits per heavy atom. The number of phenols is 1. The molecule has 1 aromatic carbocycles. The maximum absolute atomic E-state index is 12.5. The van der Waals surface area contributed by atoms with E-state index in [9.17, 15) is 18.7 Å². The standard InChI is InChI=1S/C11H10ClF2NO2/c12-11(13,14)10(17)15-8-5-4-7-6(8)2-1-3-9(7)16/h1-3,8,16H,4-5H2,(H,15,17)/t8-/m0/s1. The molecule has 0 aliphatic heterocycles. The number of halogens is 3. The van der Waals surface area contributed by atoms with E-state index in [0.29, 0.717) is 24.0 Å². The van der Waals surface area contributed by atoms with E-state index in [4.69, 9.17) is 0 Å². The van der Waals surface area contributed by atoms with Crippen LogP contribution in [0.15, 0.2) is 18.2 Å². The molecule has 1 aromatic rings. The summed E-state index contributed by atoms with van der Waals surface area (Å²) in [4.78, 5) is 11.1. The van der Waals surface area contributed by atoms with Crippen molar-refractivity contribution in [1.82, 2.24) is 5.32 Å². The van der Waals surface area contributed by atoms with Crippen LogP contribution in [0, 0.1) is 0 Å². The highest BCUT2D eigenvalue weighted by Crippen LogP contribution is 2.36. The lowest BCUT2D eigenvalue weighted by molar-refractivity contribution is -0.136. The number of benzene rings is 1. The Hall–Kier alpha value is -1.36. The van der Waals surface area contributed by atoms with Crippen LogP contribution in [0.25, 0.3) is 0 Å². The first kappa shape index (κ1) is 12.1. The molecule has 0 fully saturated rings. The van der Waals surface area contributed by atoms with E-state index in [1.807, 2.05) is 0 Å². The molecule has 92 valence electrons. The molecule has 0 saturated carbocycles. The number of hydrogen-bond donors (Lipinski definition) is 2. The first-order valence-corrected chi connectivity index (χ1v) is 5.46. The summed E-state index contributed by atoms with van der Waals surface area (Å²) in [7, 11) is 0. The van der Waals surface area contributed by atoms with Crippen molar-refractivity contribution in [3.63, 3.8) is 0 Å². The lowest BCUT2D eigenvalue weighted by Gasteiger charge is -2.16. The fraction of sp³-hybridized carbons (Fsp3) is 0.364. The average molecular weight is 262 g/mol. The van der Waals surface area contributed by atoms with Gasteiger partial charge in [0.1, 0.15) is 5.75 Å². The summed E-state index contributed by atoms with van der Waals surface area (Å²) < 4.78 is 25.1. The zero-order valence-corrected chi connectivity index (χ0v) is 9.47. The molecule has 0 bridgehead atoms. The van der Waals surface area contributed by atoms with Gasteiger partial charge < -0.3 is 10.4 Å². The van der Waals surface area contributed by atoms with Gasteiger partial charge in [0.05, 0.1) is 6.04 Å². The van der Waals surface area contributed by atoms with Gasteiger partial charge in [0.2, 0.25) is 0 Å². The van der Waals surface area contributed by atoms with Crippen LogP contribution in [0.2, 0.25) is 0 Å². The minimum atomic E-state index is -3.90. The predicted octanol–water partition coefficient (Wildman–Crippen LogP) is 2.33. The van der Waals surface area contributed by atoms with E-state index >= 15 is 0 Å². The van der Waals surface area contributed by atoms with E-state index in [1.54, 1.807) is 12.1 Å². The maximum Gasteiger partial charge on any atom is 0.399 e. The fourth-order valence-corrected chi connectivity index (χ4v) is 2.08. The molecular weight excluding hydrogens is 252 g/mol. The Morgan fingerprint density at radius 1 is 1.53 bits per heavy atom. The Bertz CT molecular complexity index is 459. The van der Waals surface area contributed by atoms with Crippen molar-refractivity contribution in [2.75, 3.05) is 0 Å². The normalized spacial score (nSPS) is 18.9. The summed E-state index contributed by atoms with van der Waals surface area (Å²) in [6.45, 7) is 0. The highest BCUT2D eigenvalue weighted by molar-refractivity contribution is 6.32. The van der Waals surface area contributed by atoms with E-state index in [-0.39, 0.29) is 5.75 Å². The maximum atomic E-state index is 12.5. The van der Waals surface area contributed by atoms with Crippen molar-refractivity contribution in [1.29, 1.82) is 0 Å². The summed E-state index contributed by atoms with van der Waals surface area (Å²) >= 11 is 4.63. The van der Waals surface area contributed by atoms with Crippen LogP contribution in [-0.4, -0.2) is 16.4 Å². The van der Waals surface area contributed by atoms with E-state index < -0.39 is 17.3 Å². The van der Waals surface area contributed by atoms with E-state index in [0.717, 1.165) is 0 Å². The Morgan fingerprint density at radius 2 is 2.24 bits per heavy atom. The Kier molecular flexibility index (Phi) is 2.95. The highest BCUT2D eigenvalue weighted by Gasteiger charge is 2.38. The summed E-state index contributed by atoms with van der Waals surface area (Å²) in [5.41, 5.74) is 1.36. The quantitative estimate of drug-likeness (QED) is 0.803. The summed E-state index contributed by atoms with van der Waals surface area (Å²) in [5.74, 6) is -1.39. The van der Waals surface area contributed by atoms with Gasteiger partial charge in [0.25, 0.3) is 0 Å². The molecular formula is C11H10ClF2NO2. The van der Waals surface area contributed by atoms with Gasteiger partial charge in [0, 0.05) is 0 Å². The second-order valence-corrected chi connectivity index (χ2v) is 4.38. The third-order valence-corrected chi connectivity index (χ3v) is 2.98. The zero-order chi connectivity index (χ0) is 12.6. The number of carbonyl (C=O) groups excluding carboxylic acids is 1. The van der Waals surface area contributed by atoms with Crippen LogP contribution in [0.5, 0.6) is 5.75 Å². The highest BCUT2D eigenvalue weighted by atomic mass is 35.5. The van der Waals surface area contributed by atoms with Crippen LogP contribution in [0.1, 0.15) is 23.6 Å². The monoisotopic (exact) mass is 261 g/mol. The summed E-state index contributed by atoms with van der Waals surface area (Å²) in [6, 6.07) is 4.31. The van der Waals surface area contributed by atoms with Gasteiger partial charge >= 0.3 is 11.3 Å². The minimum Gasteiger partial charge on any atom is -0.508 e. The molecule has 1 aliphatic carbocycles. The number of rotatable bonds is 2. The molecule has 3 nitrogen and oxygen atoms in total. The zero-order valence-electron chi connectivity index (χ0n) is 8.71. The van der Waals surface area contributed by atoms with Gasteiger partial charge in [-0.05, 0) is 41.6 Å². The molecule has 1 aliphatic rings. The minimum absolute atomic E-state index is 0.122. The van der Waals surface area contributed by atoms with Crippen molar-refractivity contribution >= 4 is 17.5 Å². The topological polar surface area (TPSA) is 49.3 Å². The predicted molar refractivity (Wildman–Crippen MR) is 58.1 cm³/mol. The second kappa shape index (κ2) is 4.14. The van der Waals surface area contributed by atoms with Crippen LogP contribution in [0.3, 0.4) is 0 Å². The molecule has 0 heterocycles. The van der Waals surface area contributed by atoms with Crippen LogP contribution in [-0.2, 0) is 11.2 Å². The van der Waals surface area contributed by atoms with Crippen LogP contribution < -0.4 is 5.32 Å². The van der Waals surface area contributed by atoms with Gasteiger partial charge in [-0.3, -0.25) is 4.79 Å². The smallest absolute Gasteiger partial charge is 0.399 e. The first-order chi connectivity index (χ1) is 7.89. The van der Waals surface area contributed by atoms with Gasteiger partial charge in [0.15, 0.2) is 0 Å². The Labute approximate surface area is 101 Å². The Balaban J connectivity index is 2.18. The molecule has 2 rings (SSSR count). The number of amides is 1. The van der Waals surface area contributed by atoms with Crippen molar-refractivity contribution in [3.05, 3.63) is 29.3 Å². The fourth-order valence-electron chi connectivity index (χ4n) is 2.03. The van der Waals surface area contributed by atoms with Gasteiger partial charge in [-0.1, -0.05) is 12.1 Å². The number of phenolic OH excluding ortho intramolecular Hbond substituents is 1. The van der Waals surface area contributed by atoms with Crippen molar-refractivity contribution < 1.29 is 18.7 Å². The largest absolute Gasteiger partial charge is 0.508 e. The molecule has 6 heteroatoms. The SMILES string of the molecule is O=C(N[C@H]1CCc2c(O)cccc21)C(F)(F)Cl. The molecule has 1 atom stereocenters. The number of alkyl halides is 3. The molecule has 2 N–H and O–H groups in total. The lowest BCUT2D eigenvalue weighted by atomic mass is 10.1. The molecule has 0 spiro atoms. The number of hydrogen-bond acceptors (Lipinski definition) is 2. The second-order valence-electron chi connectivity index (χ2n) is 3.91. The van der Waals surface area contributed by atoms with Gasteiger partial charge in [-0.25, -0.2) is 0 Å². The number of aromatic hydroxyl groups is 1. The number of nitrogens with one attached hydrogen (secondary N) is 1. The van der Waals surface area contributed by atoms with Crippen LogP contribution >= 0.6 is 11.6 Å². The molecule has 1 amide bonds. The first-order valence-electron chi connectivity index (χ1n) is 5.08. The molecule has 0 radical (unpaired) electrons. The molecule has 0 saturated heterocycles. The van der Waals surface area contributed by atoms with Crippen molar-refractivity contribution in [3.8, 4) is 5.75 Å². The van der Waals surface area contributed by atoms with Crippen molar-refractivity contribution in [2.45, 2.75) is 24.3 Å². The van der Waals surface area contributed by atoms with E-state index in [1.165, 1.54) is 6.07 Å². The number of fused-ring (bicyclic) bond motifs is 1.